The lowest BCUT2D eigenvalue weighted by Gasteiger charge is -2.32. The molecule has 0 fully saturated rings. The van der Waals surface area contributed by atoms with E-state index >= 15 is 0 Å². The van der Waals surface area contributed by atoms with Gasteiger partial charge in [-0.3, -0.25) is 4.99 Å². The molecule has 1 heterocycles. The first-order valence-electron chi connectivity index (χ1n) is 6.93. The van der Waals surface area contributed by atoms with Crippen molar-refractivity contribution in [3.63, 3.8) is 0 Å². The van der Waals surface area contributed by atoms with Crippen LogP contribution in [0.5, 0.6) is 0 Å². The zero-order valence-corrected chi connectivity index (χ0v) is 11.3. The molecule has 0 amide bonds. The highest BCUT2D eigenvalue weighted by atomic mass is 14.8. The van der Waals surface area contributed by atoms with Crippen molar-refractivity contribution in [1.29, 1.82) is 0 Å². The Morgan fingerprint density at radius 3 is 2.16 bits per heavy atom. The average Bonchev–Trinajstić information content (AvgIpc) is 2.50. The average molecular weight is 249 g/mol. The minimum Gasteiger partial charge on any atom is -0.289 e. The van der Waals surface area contributed by atoms with Gasteiger partial charge >= 0.3 is 0 Å². The van der Waals surface area contributed by atoms with Crippen molar-refractivity contribution in [3.05, 3.63) is 71.8 Å². The highest BCUT2D eigenvalue weighted by Gasteiger charge is 2.29. The minimum absolute atomic E-state index is 0.0898. The second-order valence-corrected chi connectivity index (χ2v) is 5.53. The van der Waals surface area contributed by atoms with Crippen molar-refractivity contribution in [2.45, 2.75) is 31.2 Å². The Bertz CT molecular complexity index is 559. The summed E-state index contributed by atoms with van der Waals surface area (Å²) >= 11 is 0. The fraction of sp³-hybridized carbons (Fsp3) is 0.278. The van der Waals surface area contributed by atoms with Gasteiger partial charge in [0.05, 0.1) is 6.04 Å². The van der Waals surface area contributed by atoms with E-state index in [-0.39, 0.29) is 5.41 Å². The third-order valence-electron chi connectivity index (χ3n) is 4.09. The second kappa shape index (κ2) is 5.00. The van der Waals surface area contributed by atoms with Crippen LogP contribution in [0.1, 0.15) is 36.9 Å². The number of hydrogen-bond acceptors (Lipinski definition) is 1. The van der Waals surface area contributed by atoms with Crippen LogP contribution in [0, 0.1) is 0 Å². The molecule has 0 bridgehead atoms. The van der Waals surface area contributed by atoms with Crippen LogP contribution in [-0.2, 0) is 5.41 Å². The van der Waals surface area contributed by atoms with Crippen LogP contribution >= 0.6 is 0 Å². The lowest BCUT2D eigenvalue weighted by molar-refractivity contribution is 0.478. The largest absolute Gasteiger partial charge is 0.289 e. The van der Waals surface area contributed by atoms with Gasteiger partial charge in [0.2, 0.25) is 0 Å². The van der Waals surface area contributed by atoms with Crippen LogP contribution < -0.4 is 0 Å². The zero-order chi connectivity index (χ0) is 13.1. The monoisotopic (exact) mass is 249 g/mol. The van der Waals surface area contributed by atoms with Gasteiger partial charge in [-0.15, -0.1) is 0 Å². The third-order valence-corrected chi connectivity index (χ3v) is 4.09. The molecule has 0 saturated carbocycles. The van der Waals surface area contributed by atoms with Gasteiger partial charge in [-0.1, -0.05) is 67.6 Å². The molecule has 0 radical (unpaired) electrons. The Hall–Kier alpha value is -1.89. The lowest BCUT2D eigenvalue weighted by Crippen LogP contribution is -2.28. The van der Waals surface area contributed by atoms with Gasteiger partial charge in [-0.05, 0) is 24.0 Å². The molecule has 0 saturated heterocycles. The highest BCUT2D eigenvalue weighted by Crippen LogP contribution is 2.36. The van der Waals surface area contributed by atoms with Gasteiger partial charge in [0, 0.05) is 11.6 Å². The first kappa shape index (κ1) is 12.2. The van der Waals surface area contributed by atoms with Crippen molar-refractivity contribution in [2.75, 3.05) is 0 Å². The van der Waals surface area contributed by atoms with Gasteiger partial charge in [0.15, 0.2) is 0 Å². The van der Waals surface area contributed by atoms with Crippen LogP contribution in [0.3, 0.4) is 0 Å². The normalized spacial score (nSPS) is 26.3. The summed E-state index contributed by atoms with van der Waals surface area (Å²) in [5.41, 5.74) is 2.78. The summed E-state index contributed by atoms with van der Waals surface area (Å²) in [6.07, 6.45) is 4.43. The SMILES string of the molecule is CC1(c2ccccc2)C=NC(c2ccccc2)CC1. The van der Waals surface area contributed by atoms with Crippen LogP contribution in [0.2, 0.25) is 0 Å². The predicted molar refractivity (Wildman–Crippen MR) is 80.7 cm³/mol. The highest BCUT2D eigenvalue weighted by molar-refractivity contribution is 5.74. The summed E-state index contributed by atoms with van der Waals surface area (Å²) in [6.45, 7) is 2.28. The van der Waals surface area contributed by atoms with Crippen LogP contribution in [-0.4, -0.2) is 6.21 Å². The summed E-state index contributed by atoms with van der Waals surface area (Å²) in [5.74, 6) is 0. The third kappa shape index (κ3) is 2.46. The quantitative estimate of drug-likeness (QED) is 0.740. The van der Waals surface area contributed by atoms with E-state index in [1.807, 2.05) is 0 Å². The van der Waals surface area contributed by atoms with Crippen molar-refractivity contribution in [1.82, 2.24) is 0 Å². The van der Waals surface area contributed by atoms with Gasteiger partial charge in [0.1, 0.15) is 0 Å². The fourth-order valence-electron chi connectivity index (χ4n) is 2.80. The Balaban J connectivity index is 1.84. The van der Waals surface area contributed by atoms with Crippen molar-refractivity contribution in [2.24, 2.45) is 4.99 Å². The van der Waals surface area contributed by atoms with Crippen molar-refractivity contribution >= 4 is 6.21 Å². The molecule has 2 atom stereocenters. The molecule has 3 rings (SSSR count). The summed E-state index contributed by atoms with van der Waals surface area (Å²) < 4.78 is 0. The summed E-state index contributed by atoms with van der Waals surface area (Å²) in [7, 11) is 0. The molecule has 0 N–H and O–H groups in total. The van der Waals surface area contributed by atoms with E-state index in [4.69, 9.17) is 4.99 Å². The predicted octanol–water partition coefficient (Wildman–Crippen LogP) is 4.55. The van der Waals surface area contributed by atoms with Gasteiger partial charge in [-0.25, -0.2) is 0 Å². The van der Waals surface area contributed by atoms with E-state index in [0.717, 1.165) is 12.8 Å². The van der Waals surface area contributed by atoms with Crippen LogP contribution in [0.4, 0.5) is 0 Å². The first-order chi connectivity index (χ1) is 9.28. The van der Waals surface area contributed by atoms with Gasteiger partial charge in [0.25, 0.3) is 0 Å². The lowest BCUT2D eigenvalue weighted by atomic mass is 9.76. The second-order valence-electron chi connectivity index (χ2n) is 5.53. The Morgan fingerprint density at radius 2 is 1.58 bits per heavy atom. The number of aliphatic imine (C=N–C) groups is 1. The number of hydrogen-bond donors (Lipinski definition) is 0. The molecule has 0 aromatic heterocycles. The summed E-state index contributed by atoms with van der Waals surface area (Å²) in [4.78, 5) is 4.80. The molecule has 2 unspecified atom stereocenters. The molecule has 1 heteroatoms. The Labute approximate surface area is 115 Å². The Morgan fingerprint density at radius 1 is 0.947 bits per heavy atom. The molecule has 1 aliphatic heterocycles. The molecule has 1 nitrogen and oxygen atoms in total. The molecule has 2 aromatic rings. The van der Waals surface area contributed by atoms with E-state index < -0.39 is 0 Å². The van der Waals surface area contributed by atoms with E-state index in [9.17, 15) is 0 Å². The molecular weight excluding hydrogens is 230 g/mol. The maximum atomic E-state index is 4.80. The van der Waals surface area contributed by atoms with Gasteiger partial charge in [-0.2, -0.15) is 0 Å². The molecule has 96 valence electrons. The molecule has 2 aromatic carbocycles. The summed E-state index contributed by atoms with van der Waals surface area (Å²) in [5, 5.41) is 0. The summed E-state index contributed by atoms with van der Waals surface area (Å²) in [6, 6.07) is 21.6. The molecule has 19 heavy (non-hydrogen) atoms. The van der Waals surface area contributed by atoms with Gasteiger partial charge < -0.3 is 0 Å². The molecule has 0 aliphatic carbocycles. The first-order valence-corrected chi connectivity index (χ1v) is 6.93. The van der Waals surface area contributed by atoms with Crippen LogP contribution in [0.15, 0.2) is 65.7 Å². The number of benzene rings is 2. The van der Waals surface area contributed by atoms with Crippen molar-refractivity contribution in [3.8, 4) is 0 Å². The number of nitrogens with zero attached hydrogens (tertiary/aromatic N) is 1. The van der Waals surface area contributed by atoms with E-state index in [0.29, 0.717) is 6.04 Å². The number of rotatable bonds is 2. The van der Waals surface area contributed by atoms with E-state index in [1.54, 1.807) is 0 Å². The standard InChI is InChI=1S/C18H19N/c1-18(16-10-6-3-7-11-16)13-12-17(19-14-18)15-8-4-2-5-9-15/h2-11,14,17H,12-13H2,1H3. The Kier molecular flexibility index (Phi) is 3.20. The molecular formula is C18H19N. The smallest absolute Gasteiger partial charge is 0.0745 e. The maximum Gasteiger partial charge on any atom is 0.0745 e. The van der Waals surface area contributed by atoms with Crippen molar-refractivity contribution < 1.29 is 0 Å². The van der Waals surface area contributed by atoms with E-state index in [1.165, 1.54) is 11.1 Å². The zero-order valence-electron chi connectivity index (χ0n) is 11.3. The maximum absolute atomic E-state index is 4.80. The molecule has 1 aliphatic rings. The minimum atomic E-state index is 0.0898. The van der Waals surface area contributed by atoms with E-state index in [2.05, 4.69) is 73.8 Å². The van der Waals surface area contributed by atoms with Crippen LogP contribution in [0.25, 0.3) is 0 Å². The molecule has 0 spiro atoms. The fourth-order valence-corrected chi connectivity index (χ4v) is 2.80. The topological polar surface area (TPSA) is 12.4 Å².